The van der Waals surface area contributed by atoms with Crippen LogP contribution in [0, 0.1) is 20.8 Å². The van der Waals surface area contributed by atoms with Crippen LogP contribution in [0.2, 0.25) is 0 Å². The number of hydrogen-bond acceptors (Lipinski definition) is 3. The summed E-state index contributed by atoms with van der Waals surface area (Å²) in [6.07, 6.45) is 1.23. The minimum absolute atomic E-state index is 0.0117. The van der Waals surface area contributed by atoms with Crippen LogP contribution in [0.25, 0.3) is 0 Å². The van der Waals surface area contributed by atoms with Crippen molar-refractivity contribution in [1.29, 1.82) is 0 Å². The zero-order valence-corrected chi connectivity index (χ0v) is 22.1. The summed E-state index contributed by atoms with van der Waals surface area (Å²) in [4.78, 5) is 29.0. The minimum atomic E-state index is -0.670. The molecule has 0 fully saturated rings. The van der Waals surface area contributed by atoms with Crippen molar-refractivity contribution in [3.05, 3.63) is 101 Å². The lowest BCUT2D eigenvalue weighted by atomic mass is 10.0. The number of rotatable bonds is 11. The summed E-state index contributed by atoms with van der Waals surface area (Å²) in [5.74, 6) is 0.300. The average Bonchev–Trinajstić information content (AvgIpc) is 2.87. The molecule has 0 saturated heterocycles. The van der Waals surface area contributed by atoms with Crippen LogP contribution in [0.3, 0.4) is 0 Å². The number of nitrogens with zero attached hydrogens (tertiary/aromatic N) is 1. The molecule has 0 bridgehead atoms. The largest absolute Gasteiger partial charge is 0.483 e. The third-order valence-corrected chi connectivity index (χ3v) is 6.56. The van der Waals surface area contributed by atoms with Gasteiger partial charge in [0.05, 0.1) is 0 Å². The molecule has 0 spiro atoms. The van der Waals surface area contributed by atoms with Gasteiger partial charge >= 0.3 is 0 Å². The van der Waals surface area contributed by atoms with Crippen LogP contribution in [0.5, 0.6) is 5.75 Å². The summed E-state index contributed by atoms with van der Waals surface area (Å²) in [6.45, 7) is 10.2. The summed E-state index contributed by atoms with van der Waals surface area (Å²) < 4.78 is 5.96. The second-order valence-electron chi connectivity index (χ2n) is 9.53. The number of ether oxygens (including phenoxy) is 1. The normalized spacial score (nSPS) is 12.5. The molecule has 36 heavy (non-hydrogen) atoms. The zero-order chi connectivity index (χ0) is 26.1. The van der Waals surface area contributed by atoms with E-state index in [0.29, 0.717) is 18.7 Å². The van der Waals surface area contributed by atoms with Crippen molar-refractivity contribution in [2.45, 2.75) is 66.1 Å². The Hall–Kier alpha value is -3.60. The Morgan fingerprint density at radius 3 is 2.28 bits per heavy atom. The van der Waals surface area contributed by atoms with Crippen molar-refractivity contribution in [3.8, 4) is 5.75 Å². The predicted molar refractivity (Wildman–Crippen MR) is 145 cm³/mol. The number of hydrogen-bond donors (Lipinski definition) is 1. The Kier molecular flexibility index (Phi) is 9.69. The molecule has 0 aliphatic rings. The molecule has 0 unspecified atom stereocenters. The van der Waals surface area contributed by atoms with Crippen molar-refractivity contribution in [1.82, 2.24) is 10.2 Å². The monoisotopic (exact) mass is 486 g/mol. The molecule has 3 aromatic carbocycles. The molecule has 0 aliphatic carbocycles. The van der Waals surface area contributed by atoms with E-state index in [9.17, 15) is 9.59 Å². The molecule has 3 rings (SSSR count). The first-order valence-electron chi connectivity index (χ1n) is 12.7. The third-order valence-electron chi connectivity index (χ3n) is 6.56. The number of amides is 2. The Morgan fingerprint density at radius 2 is 1.61 bits per heavy atom. The van der Waals surface area contributed by atoms with Crippen molar-refractivity contribution in [2.75, 3.05) is 6.61 Å². The van der Waals surface area contributed by atoms with Gasteiger partial charge in [0.2, 0.25) is 5.91 Å². The van der Waals surface area contributed by atoms with Crippen molar-refractivity contribution in [3.63, 3.8) is 0 Å². The second kappa shape index (κ2) is 12.9. The first-order valence-corrected chi connectivity index (χ1v) is 12.7. The molecule has 2 amide bonds. The molecule has 190 valence electrons. The summed E-state index contributed by atoms with van der Waals surface area (Å²) in [5, 5.41) is 3.10. The molecule has 3 aromatic rings. The van der Waals surface area contributed by atoms with E-state index < -0.39 is 6.04 Å². The maximum Gasteiger partial charge on any atom is 0.261 e. The number of benzene rings is 3. The van der Waals surface area contributed by atoms with Crippen molar-refractivity contribution in [2.24, 2.45) is 0 Å². The highest BCUT2D eigenvalue weighted by molar-refractivity contribution is 5.88. The minimum Gasteiger partial charge on any atom is -0.483 e. The summed E-state index contributed by atoms with van der Waals surface area (Å²) in [7, 11) is 0. The van der Waals surface area contributed by atoms with Gasteiger partial charge in [-0.3, -0.25) is 9.59 Å². The predicted octanol–water partition coefficient (Wildman–Crippen LogP) is 5.55. The number of carbonyl (C=O) groups excluding carboxylic acids is 2. The van der Waals surface area contributed by atoms with Gasteiger partial charge in [0.25, 0.3) is 5.91 Å². The standard InChI is InChI=1S/C31H38N2O3/c1-6-25(5)32-31(35)28(19-26-13-8-7-9-14-26)33(20-27-15-11-10-12-23(27)3)30(34)21-36-29-17-16-22(2)18-24(29)4/h7-18,25,28H,6,19-21H2,1-5H3,(H,32,35)/t25-,28-/m0/s1. The number of nitrogens with one attached hydrogen (secondary N) is 1. The summed E-state index contributed by atoms with van der Waals surface area (Å²) >= 11 is 0. The molecule has 0 aliphatic heterocycles. The van der Waals surface area contributed by atoms with Gasteiger partial charge in [0.15, 0.2) is 6.61 Å². The highest BCUT2D eigenvalue weighted by Gasteiger charge is 2.31. The Labute approximate surface area is 215 Å². The first kappa shape index (κ1) is 27.0. The Balaban J connectivity index is 1.93. The third kappa shape index (κ3) is 7.45. The quantitative estimate of drug-likeness (QED) is 0.387. The van der Waals surface area contributed by atoms with Crippen LogP contribution in [0.15, 0.2) is 72.8 Å². The van der Waals surface area contributed by atoms with E-state index in [1.165, 1.54) is 0 Å². The molecule has 5 nitrogen and oxygen atoms in total. The lowest BCUT2D eigenvalue weighted by molar-refractivity contribution is -0.143. The topological polar surface area (TPSA) is 58.6 Å². The maximum absolute atomic E-state index is 13.7. The van der Waals surface area contributed by atoms with E-state index >= 15 is 0 Å². The lowest BCUT2D eigenvalue weighted by Gasteiger charge is -2.32. The van der Waals surface area contributed by atoms with E-state index in [1.807, 2.05) is 107 Å². The van der Waals surface area contributed by atoms with Crippen molar-refractivity contribution >= 4 is 11.8 Å². The molecule has 5 heteroatoms. The van der Waals surface area contributed by atoms with E-state index in [1.54, 1.807) is 4.90 Å². The number of carbonyl (C=O) groups is 2. The van der Waals surface area contributed by atoms with Crippen LogP contribution in [0.4, 0.5) is 0 Å². The zero-order valence-electron chi connectivity index (χ0n) is 22.1. The van der Waals surface area contributed by atoms with Gasteiger partial charge in [-0.2, -0.15) is 0 Å². The van der Waals surface area contributed by atoms with Crippen LogP contribution < -0.4 is 10.1 Å². The smallest absolute Gasteiger partial charge is 0.261 e. The van der Waals surface area contributed by atoms with Crippen LogP contribution in [-0.4, -0.2) is 35.4 Å². The first-order chi connectivity index (χ1) is 17.3. The van der Waals surface area contributed by atoms with Gasteiger partial charge in [-0.25, -0.2) is 0 Å². The summed E-state index contributed by atoms with van der Waals surface area (Å²) in [6, 6.07) is 23.0. The van der Waals surface area contributed by atoms with Gasteiger partial charge < -0.3 is 15.0 Å². The molecule has 0 aromatic heterocycles. The number of aryl methyl sites for hydroxylation is 3. The van der Waals surface area contributed by atoms with Gasteiger partial charge in [-0.15, -0.1) is 0 Å². The van der Waals surface area contributed by atoms with E-state index in [4.69, 9.17) is 4.74 Å². The van der Waals surface area contributed by atoms with Gasteiger partial charge in [0, 0.05) is 19.0 Å². The Bertz CT molecular complexity index is 1160. The van der Waals surface area contributed by atoms with Gasteiger partial charge in [0.1, 0.15) is 11.8 Å². The van der Waals surface area contributed by atoms with Gasteiger partial charge in [-0.1, -0.05) is 79.2 Å². The average molecular weight is 487 g/mol. The fourth-order valence-corrected chi connectivity index (χ4v) is 4.15. The molecule has 0 saturated carbocycles. The Morgan fingerprint density at radius 1 is 0.917 bits per heavy atom. The van der Waals surface area contributed by atoms with Crippen molar-refractivity contribution < 1.29 is 14.3 Å². The van der Waals surface area contributed by atoms with E-state index in [2.05, 4.69) is 5.32 Å². The maximum atomic E-state index is 13.7. The van der Waals surface area contributed by atoms with Crippen LogP contribution >= 0.6 is 0 Å². The molecule has 0 radical (unpaired) electrons. The molecule has 1 N–H and O–H groups in total. The lowest BCUT2D eigenvalue weighted by Crippen LogP contribution is -2.53. The van der Waals surface area contributed by atoms with Gasteiger partial charge in [-0.05, 0) is 62.4 Å². The van der Waals surface area contributed by atoms with E-state index in [-0.39, 0.29) is 24.5 Å². The SMILES string of the molecule is CC[C@H](C)NC(=O)[C@H](Cc1ccccc1)N(Cc1ccccc1C)C(=O)COc1ccc(C)cc1C. The molecule has 0 heterocycles. The molecular formula is C31H38N2O3. The fraction of sp³-hybridized carbons (Fsp3) is 0.355. The second-order valence-corrected chi connectivity index (χ2v) is 9.53. The highest BCUT2D eigenvalue weighted by Crippen LogP contribution is 2.21. The van der Waals surface area contributed by atoms with Crippen LogP contribution in [0.1, 0.15) is 48.1 Å². The molecular weight excluding hydrogens is 448 g/mol. The van der Waals surface area contributed by atoms with Crippen LogP contribution in [-0.2, 0) is 22.6 Å². The fourth-order valence-electron chi connectivity index (χ4n) is 4.15. The summed E-state index contributed by atoms with van der Waals surface area (Å²) in [5.41, 5.74) is 5.19. The molecule has 2 atom stereocenters. The van der Waals surface area contributed by atoms with E-state index in [0.717, 1.165) is 34.2 Å². The highest BCUT2D eigenvalue weighted by atomic mass is 16.5.